The van der Waals surface area contributed by atoms with Crippen molar-refractivity contribution in [2.75, 3.05) is 53.4 Å². The Kier molecular flexibility index (Phi) is 6.81. The molecule has 0 saturated carbocycles. The highest BCUT2D eigenvalue weighted by Gasteiger charge is 2.34. The Morgan fingerprint density at radius 2 is 1.93 bits per heavy atom. The fourth-order valence-corrected chi connectivity index (χ4v) is 4.20. The fourth-order valence-electron chi connectivity index (χ4n) is 3.89. The molecule has 7 nitrogen and oxygen atoms in total. The molecule has 2 fully saturated rings. The Bertz CT molecular complexity index is 657. The molecule has 2 saturated heterocycles. The highest BCUT2D eigenvalue weighted by molar-refractivity contribution is 9.10. The Labute approximate surface area is 169 Å². The van der Waals surface area contributed by atoms with E-state index in [1.54, 1.807) is 36.0 Å². The zero-order valence-corrected chi connectivity index (χ0v) is 17.8. The van der Waals surface area contributed by atoms with E-state index in [0.717, 1.165) is 26.1 Å². The van der Waals surface area contributed by atoms with Crippen LogP contribution in [0.1, 0.15) is 36.2 Å². The van der Waals surface area contributed by atoms with Crippen molar-refractivity contribution >= 4 is 27.9 Å². The zero-order chi connectivity index (χ0) is 19.4. The van der Waals surface area contributed by atoms with Gasteiger partial charge in [-0.25, -0.2) is 4.79 Å². The topological polar surface area (TPSA) is 60.2 Å². The first-order valence-corrected chi connectivity index (χ1v) is 10.5. The van der Waals surface area contributed by atoms with Crippen LogP contribution in [0.25, 0.3) is 0 Å². The smallest absolute Gasteiger partial charge is 0.319 e. The average molecular weight is 441 g/mol. The third-order valence-corrected chi connectivity index (χ3v) is 5.84. The molecule has 1 atom stereocenters. The third-order valence-electron chi connectivity index (χ3n) is 5.41. The molecule has 0 aromatic carbocycles. The van der Waals surface area contributed by atoms with Crippen molar-refractivity contribution in [2.24, 2.45) is 0 Å². The van der Waals surface area contributed by atoms with E-state index in [2.05, 4.69) is 20.8 Å². The largest absolute Gasteiger partial charge is 0.444 e. The molecule has 0 unspecified atom stereocenters. The SMILES string of the molecule is CN(C)C(=O)N(CCN1CCCCC1)[C@H]1CCN(C(=O)c2ccc(Br)o2)C1. The van der Waals surface area contributed by atoms with Crippen molar-refractivity contribution in [3.8, 4) is 0 Å². The van der Waals surface area contributed by atoms with Crippen LogP contribution in [0, 0.1) is 0 Å². The van der Waals surface area contributed by atoms with Crippen LogP contribution >= 0.6 is 15.9 Å². The molecule has 150 valence electrons. The minimum absolute atomic E-state index is 0.0204. The van der Waals surface area contributed by atoms with E-state index in [1.165, 1.54) is 19.3 Å². The second-order valence-corrected chi connectivity index (χ2v) is 8.35. The summed E-state index contributed by atoms with van der Waals surface area (Å²) < 4.78 is 5.94. The second-order valence-electron chi connectivity index (χ2n) is 7.57. The quantitative estimate of drug-likeness (QED) is 0.705. The van der Waals surface area contributed by atoms with Gasteiger partial charge in [-0.05, 0) is 60.4 Å². The van der Waals surface area contributed by atoms with Crippen molar-refractivity contribution in [1.29, 1.82) is 0 Å². The first-order valence-electron chi connectivity index (χ1n) is 9.70. The summed E-state index contributed by atoms with van der Waals surface area (Å²) in [6, 6.07) is 3.47. The first-order chi connectivity index (χ1) is 13.0. The summed E-state index contributed by atoms with van der Waals surface area (Å²) in [7, 11) is 3.57. The molecule has 2 aliphatic rings. The molecule has 3 heterocycles. The molecule has 0 aliphatic carbocycles. The van der Waals surface area contributed by atoms with Gasteiger partial charge in [-0.15, -0.1) is 0 Å². The number of nitrogens with zero attached hydrogens (tertiary/aromatic N) is 4. The van der Waals surface area contributed by atoms with Crippen LogP contribution < -0.4 is 0 Å². The maximum atomic E-state index is 12.8. The molecule has 3 amide bonds. The van der Waals surface area contributed by atoms with Crippen molar-refractivity contribution < 1.29 is 14.0 Å². The summed E-state index contributed by atoms with van der Waals surface area (Å²) in [5.41, 5.74) is 0. The molecular weight excluding hydrogens is 412 g/mol. The maximum absolute atomic E-state index is 12.8. The molecule has 27 heavy (non-hydrogen) atoms. The lowest BCUT2D eigenvalue weighted by Crippen LogP contribution is -2.50. The van der Waals surface area contributed by atoms with Gasteiger partial charge in [-0.2, -0.15) is 0 Å². The number of hydrogen-bond donors (Lipinski definition) is 0. The van der Waals surface area contributed by atoms with E-state index >= 15 is 0 Å². The number of halogens is 1. The molecule has 2 aliphatic heterocycles. The van der Waals surface area contributed by atoms with Crippen LogP contribution in [0.15, 0.2) is 21.2 Å². The van der Waals surface area contributed by atoms with Gasteiger partial charge in [-0.3, -0.25) is 4.79 Å². The molecule has 0 spiro atoms. The van der Waals surface area contributed by atoms with E-state index in [4.69, 9.17) is 4.42 Å². The number of amides is 3. The minimum atomic E-state index is -0.114. The molecule has 1 aromatic rings. The fraction of sp³-hybridized carbons (Fsp3) is 0.684. The number of furan rings is 1. The van der Waals surface area contributed by atoms with E-state index in [-0.39, 0.29) is 18.0 Å². The summed E-state index contributed by atoms with van der Waals surface area (Å²) in [6.07, 6.45) is 4.59. The summed E-state index contributed by atoms with van der Waals surface area (Å²) in [4.78, 5) is 33.2. The summed E-state index contributed by atoms with van der Waals surface area (Å²) in [5, 5.41) is 0. The monoisotopic (exact) mass is 440 g/mol. The highest BCUT2D eigenvalue weighted by atomic mass is 79.9. The van der Waals surface area contributed by atoms with E-state index < -0.39 is 0 Å². The molecule has 0 N–H and O–H groups in total. The summed E-state index contributed by atoms with van der Waals surface area (Å²) in [5.74, 6) is 0.220. The normalized spacial score (nSPS) is 20.7. The Morgan fingerprint density at radius 3 is 2.56 bits per heavy atom. The minimum Gasteiger partial charge on any atom is -0.444 e. The molecule has 1 aromatic heterocycles. The molecule has 0 bridgehead atoms. The van der Waals surface area contributed by atoms with E-state index in [9.17, 15) is 9.59 Å². The number of urea groups is 1. The number of rotatable bonds is 5. The van der Waals surface area contributed by atoms with Crippen LogP contribution in [0.3, 0.4) is 0 Å². The summed E-state index contributed by atoms with van der Waals surface area (Å²) in [6.45, 7) is 5.03. The predicted octanol–water partition coefficient (Wildman–Crippen LogP) is 2.73. The van der Waals surface area contributed by atoms with Gasteiger partial charge in [0.25, 0.3) is 5.91 Å². The molecular formula is C19H29BrN4O3. The number of hydrogen-bond acceptors (Lipinski definition) is 4. The lowest BCUT2D eigenvalue weighted by atomic mass is 10.1. The standard InChI is InChI=1S/C19H29BrN4O3/c1-21(2)19(26)24(13-12-22-9-4-3-5-10-22)15-8-11-23(14-15)18(25)16-6-7-17(20)27-16/h6-7,15H,3-5,8-14H2,1-2H3/t15-/m0/s1. The predicted molar refractivity (Wildman–Crippen MR) is 107 cm³/mol. The first kappa shape index (κ1) is 20.2. The van der Waals surface area contributed by atoms with Crippen molar-refractivity contribution in [3.63, 3.8) is 0 Å². The van der Waals surface area contributed by atoms with Crippen LogP contribution in [-0.4, -0.2) is 90.9 Å². The summed E-state index contributed by atoms with van der Waals surface area (Å²) >= 11 is 3.24. The number of piperidine rings is 1. The molecule has 8 heteroatoms. The molecule has 0 radical (unpaired) electrons. The number of carbonyl (C=O) groups is 2. The zero-order valence-electron chi connectivity index (χ0n) is 16.2. The lowest BCUT2D eigenvalue weighted by molar-refractivity contribution is 0.0741. The van der Waals surface area contributed by atoms with Gasteiger partial charge >= 0.3 is 6.03 Å². The van der Waals surface area contributed by atoms with Crippen LogP contribution in [-0.2, 0) is 0 Å². The van der Waals surface area contributed by atoms with Gasteiger partial charge < -0.3 is 24.0 Å². The lowest BCUT2D eigenvalue weighted by Gasteiger charge is -2.34. The Morgan fingerprint density at radius 1 is 1.19 bits per heavy atom. The second kappa shape index (κ2) is 9.10. The number of likely N-dealkylation sites (tertiary alicyclic amines) is 2. The average Bonchev–Trinajstić information content (AvgIpc) is 3.31. The van der Waals surface area contributed by atoms with Crippen molar-refractivity contribution in [1.82, 2.24) is 19.6 Å². The Hall–Kier alpha value is -1.54. The Balaban J connectivity index is 1.62. The van der Waals surface area contributed by atoms with Crippen molar-refractivity contribution in [2.45, 2.75) is 31.7 Å². The van der Waals surface area contributed by atoms with E-state index in [1.807, 2.05) is 4.90 Å². The van der Waals surface area contributed by atoms with Gasteiger partial charge in [0.2, 0.25) is 0 Å². The van der Waals surface area contributed by atoms with Gasteiger partial charge in [-0.1, -0.05) is 6.42 Å². The van der Waals surface area contributed by atoms with E-state index in [0.29, 0.717) is 30.1 Å². The highest BCUT2D eigenvalue weighted by Crippen LogP contribution is 2.22. The van der Waals surface area contributed by atoms with Crippen molar-refractivity contribution in [3.05, 3.63) is 22.6 Å². The molecule has 3 rings (SSSR count). The maximum Gasteiger partial charge on any atom is 0.319 e. The van der Waals surface area contributed by atoms with Crippen LogP contribution in [0.2, 0.25) is 0 Å². The van der Waals surface area contributed by atoms with Gasteiger partial charge in [0, 0.05) is 40.3 Å². The van der Waals surface area contributed by atoms with Gasteiger partial charge in [0.05, 0.1) is 6.04 Å². The van der Waals surface area contributed by atoms with Gasteiger partial charge in [0.1, 0.15) is 0 Å². The van der Waals surface area contributed by atoms with Crippen LogP contribution in [0.5, 0.6) is 0 Å². The number of carbonyl (C=O) groups excluding carboxylic acids is 2. The van der Waals surface area contributed by atoms with Crippen LogP contribution in [0.4, 0.5) is 4.79 Å². The third kappa shape index (κ3) is 5.04. The van der Waals surface area contributed by atoms with Gasteiger partial charge in [0.15, 0.2) is 10.4 Å².